The quantitative estimate of drug-likeness (QED) is 0.538. The standard InChI is InChI=1S/C16H21N3O3.Li/c1-11(20)18-6-3-14(4-7-18)19-5-2-12-8-15(16(21)22)17-9-13(12)10-19;/h8-9,14H,2-7,10H2,1H3,(H,21,22);/q;+1/p-1. The molecule has 0 aromatic carbocycles. The topological polar surface area (TPSA) is 76.6 Å². The van der Waals surface area contributed by atoms with Crippen LogP contribution in [-0.2, 0) is 17.8 Å². The number of aromatic nitrogens is 1. The van der Waals surface area contributed by atoms with E-state index in [9.17, 15) is 14.7 Å². The van der Waals surface area contributed by atoms with E-state index in [0.717, 1.165) is 56.6 Å². The fraction of sp³-hybridized carbons (Fsp3) is 0.562. The van der Waals surface area contributed by atoms with E-state index in [1.807, 2.05) is 4.90 Å². The van der Waals surface area contributed by atoms with E-state index in [1.54, 1.807) is 19.2 Å². The van der Waals surface area contributed by atoms with Crippen molar-refractivity contribution >= 4 is 11.9 Å². The van der Waals surface area contributed by atoms with Gasteiger partial charge in [-0.25, -0.2) is 0 Å². The maximum Gasteiger partial charge on any atom is 1.00 e. The number of rotatable bonds is 2. The molecular formula is C16H20LiN3O3. The first-order valence-corrected chi connectivity index (χ1v) is 7.73. The van der Waals surface area contributed by atoms with Gasteiger partial charge in [0.05, 0.1) is 11.7 Å². The van der Waals surface area contributed by atoms with Crippen molar-refractivity contribution in [2.75, 3.05) is 19.6 Å². The van der Waals surface area contributed by atoms with Gasteiger partial charge in [0.1, 0.15) is 0 Å². The van der Waals surface area contributed by atoms with Crippen molar-refractivity contribution in [3.05, 3.63) is 29.1 Å². The molecule has 0 radical (unpaired) electrons. The second-order valence-corrected chi connectivity index (χ2v) is 6.08. The number of aromatic carboxylic acids is 1. The molecule has 3 rings (SSSR count). The number of hydrogen-bond donors (Lipinski definition) is 0. The molecule has 1 saturated heterocycles. The first kappa shape index (κ1) is 18.0. The Morgan fingerprint density at radius 2 is 1.91 bits per heavy atom. The van der Waals surface area contributed by atoms with E-state index in [4.69, 9.17) is 0 Å². The van der Waals surface area contributed by atoms with Crippen LogP contribution >= 0.6 is 0 Å². The summed E-state index contributed by atoms with van der Waals surface area (Å²) in [6, 6.07) is 2.13. The van der Waals surface area contributed by atoms with Crippen LogP contribution in [0.2, 0.25) is 0 Å². The van der Waals surface area contributed by atoms with E-state index < -0.39 is 5.97 Å². The predicted octanol–water partition coefficient (Wildman–Crippen LogP) is -3.18. The van der Waals surface area contributed by atoms with Crippen LogP contribution in [0.1, 0.15) is 41.4 Å². The summed E-state index contributed by atoms with van der Waals surface area (Å²) in [7, 11) is 0. The maximum absolute atomic E-state index is 11.4. The number of fused-ring (bicyclic) bond motifs is 1. The number of pyridine rings is 1. The number of carbonyl (C=O) groups is 2. The Balaban J connectivity index is 0.00000192. The molecule has 1 aromatic rings. The number of nitrogens with zero attached hydrogens (tertiary/aromatic N) is 3. The molecule has 0 aliphatic carbocycles. The average molecular weight is 309 g/mol. The fourth-order valence-corrected chi connectivity index (χ4v) is 3.43. The fourth-order valence-electron chi connectivity index (χ4n) is 3.43. The van der Waals surface area contributed by atoms with Gasteiger partial charge in [-0.15, -0.1) is 0 Å². The van der Waals surface area contributed by atoms with Gasteiger partial charge in [-0.1, -0.05) is 0 Å². The van der Waals surface area contributed by atoms with Crippen molar-refractivity contribution in [1.82, 2.24) is 14.8 Å². The Morgan fingerprint density at radius 3 is 2.52 bits per heavy atom. The Kier molecular flexibility index (Phi) is 5.85. The Hall–Kier alpha value is -1.35. The maximum atomic E-state index is 11.4. The Morgan fingerprint density at radius 1 is 1.22 bits per heavy atom. The minimum Gasteiger partial charge on any atom is -0.543 e. The van der Waals surface area contributed by atoms with Gasteiger partial charge >= 0.3 is 18.9 Å². The van der Waals surface area contributed by atoms with Crippen molar-refractivity contribution in [3.63, 3.8) is 0 Å². The summed E-state index contributed by atoms with van der Waals surface area (Å²) in [5, 5.41) is 10.9. The first-order chi connectivity index (χ1) is 10.5. The number of piperidine rings is 1. The van der Waals surface area contributed by atoms with Crippen LogP contribution < -0.4 is 24.0 Å². The van der Waals surface area contributed by atoms with Gasteiger partial charge in [-0.05, 0) is 36.5 Å². The molecule has 0 N–H and O–H groups in total. The average Bonchev–Trinajstić information content (AvgIpc) is 2.54. The number of likely N-dealkylation sites (tertiary alicyclic amines) is 1. The molecule has 0 bridgehead atoms. The number of amides is 1. The zero-order valence-electron chi connectivity index (χ0n) is 13.7. The summed E-state index contributed by atoms with van der Waals surface area (Å²) in [5.41, 5.74) is 2.18. The number of hydrogen-bond acceptors (Lipinski definition) is 5. The van der Waals surface area contributed by atoms with Gasteiger partial charge in [0.25, 0.3) is 0 Å². The number of carboxylic acid groups (broad SMARTS) is 1. The SMILES string of the molecule is CC(=O)N1CCC(N2CCc3cc(C(=O)[O-])ncc3C2)CC1.[Li+]. The van der Waals surface area contributed by atoms with Gasteiger partial charge in [0, 0.05) is 45.3 Å². The molecule has 118 valence electrons. The minimum absolute atomic E-state index is 0. The molecule has 3 heterocycles. The van der Waals surface area contributed by atoms with E-state index in [1.165, 1.54) is 0 Å². The summed E-state index contributed by atoms with van der Waals surface area (Å²) in [4.78, 5) is 30.6. The summed E-state index contributed by atoms with van der Waals surface area (Å²) in [6.07, 6.45) is 4.50. The third kappa shape index (κ3) is 3.95. The zero-order chi connectivity index (χ0) is 15.7. The summed E-state index contributed by atoms with van der Waals surface area (Å²) in [6.45, 7) is 5.00. The molecule has 6 nitrogen and oxygen atoms in total. The van der Waals surface area contributed by atoms with Crippen LogP contribution in [0.15, 0.2) is 12.3 Å². The van der Waals surface area contributed by atoms with Crippen molar-refractivity contribution in [3.8, 4) is 0 Å². The molecule has 2 aliphatic heterocycles. The van der Waals surface area contributed by atoms with Gasteiger partial charge < -0.3 is 14.8 Å². The smallest absolute Gasteiger partial charge is 0.543 e. The van der Waals surface area contributed by atoms with Crippen LogP contribution in [-0.4, -0.2) is 52.3 Å². The molecule has 7 heteroatoms. The van der Waals surface area contributed by atoms with E-state index in [2.05, 4.69) is 9.88 Å². The normalized spacial score (nSPS) is 18.9. The molecule has 0 saturated carbocycles. The molecule has 23 heavy (non-hydrogen) atoms. The van der Waals surface area contributed by atoms with Crippen LogP contribution in [0.5, 0.6) is 0 Å². The van der Waals surface area contributed by atoms with E-state index in [-0.39, 0.29) is 30.5 Å². The summed E-state index contributed by atoms with van der Waals surface area (Å²) in [5.74, 6) is -1.07. The first-order valence-electron chi connectivity index (χ1n) is 7.73. The van der Waals surface area contributed by atoms with Crippen molar-refractivity contribution in [2.45, 2.75) is 38.8 Å². The van der Waals surface area contributed by atoms with Crippen molar-refractivity contribution < 1.29 is 33.6 Å². The van der Waals surface area contributed by atoms with Gasteiger partial charge in [0.2, 0.25) is 5.91 Å². The van der Waals surface area contributed by atoms with Crippen molar-refractivity contribution in [1.29, 1.82) is 0 Å². The summed E-state index contributed by atoms with van der Waals surface area (Å²) < 4.78 is 0. The summed E-state index contributed by atoms with van der Waals surface area (Å²) >= 11 is 0. The minimum atomic E-state index is -1.22. The third-order valence-electron chi connectivity index (χ3n) is 4.76. The van der Waals surface area contributed by atoms with Crippen LogP contribution in [0, 0.1) is 0 Å². The molecule has 2 aliphatic rings. The molecular weight excluding hydrogens is 289 g/mol. The van der Waals surface area contributed by atoms with E-state index in [0.29, 0.717) is 6.04 Å². The third-order valence-corrected chi connectivity index (χ3v) is 4.76. The predicted molar refractivity (Wildman–Crippen MR) is 78.0 cm³/mol. The molecule has 0 atom stereocenters. The van der Waals surface area contributed by atoms with Crippen LogP contribution in [0.3, 0.4) is 0 Å². The monoisotopic (exact) mass is 309 g/mol. The van der Waals surface area contributed by atoms with Gasteiger partial charge in [-0.3, -0.25) is 14.7 Å². The molecule has 1 aromatic heterocycles. The second-order valence-electron chi connectivity index (χ2n) is 6.08. The zero-order valence-corrected chi connectivity index (χ0v) is 13.7. The molecule has 0 spiro atoms. The molecule has 1 amide bonds. The van der Waals surface area contributed by atoms with Crippen molar-refractivity contribution in [2.24, 2.45) is 0 Å². The largest absolute Gasteiger partial charge is 1.00 e. The van der Waals surface area contributed by atoms with Crippen LogP contribution in [0.4, 0.5) is 0 Å². The Bertz CT molecular complexity index is 600. The molecule has 1 fully saturated rings. The number of carbonyl (C=O) groups excluding carboxylic acids is 2. The number of carboxylic acids is 1. The van der Waals surface area contributed by atoms with Gasteiger partial charge in [0.15, 0.2) is 0 Å². The Labute approximate surface area is 148 Å². The second kappa shape index (κ2) is 7.48. The van der Waals surface area contributed by atoms with Gasteiger partial charge in [-0.2, -0.15) is 0 Å². The van der Waals surface area contributed by atoms with E-state index >= 15 is 0 Å². The molecule has 0 unspecified atom stereocenters. The van der Waals surface area contributed by atoms with Crippen LogP contribution in [0.25, 0.3) is 0 Å².